The Morgan fingerprint density at radius 1 is 0.971 bits per heavy atom. The van der Waals surface area contributed by atoms with Crippen molar-refractivity contribution in [3.63, 3.8) is 0 Å². The molecule has 0 saturated carbocycles. The summed E-state index contributed by atoms with van der Waals surface area (Å²) < 4.78 is 33.8. The maximum atomic E-state index is 13.3. The van der Waals surface area contributed by atoms with Crippen LogP contribution in [-0.4, -0.2) is 37.2 Å². The van der Waals surface area contributed by atoms with E-state index in [1.165, 1.54) is 15.6 Å². The summed E-state index contributed by atoms with van der Waals surface area (Å²) in [6, 6.07) is 25.2. The second-order valence-electron chi connectivity index (χ2n) is 7.61. The van der Waals surface area contributed by atoms with Crippen molar-refractivity contribution in [2.45, 2.75) is 11.9 Å². The van der Waals surface area contributed by atoms with Gasteiger partial charge in [-0.15, -0.1) is 10.2 Å². The van der Waals surface area contributed by atoms with Crippen LogP contribution in [-0.2, 0) is 20.6 Å². The molecule has 1 aromatic heterocycles. The van der Waals surface area contributed by atoms with Crippen LogP contribution < -0.4 is 14.4 Å². The zero-order chi connectivity index (χ0) is 23.5. The van der Waals surface area contributed by atoms with Gasteiger partial charge in [-0.1, -0.05) is 84.1 Å². The summed E-state index contributed by atoms with van der Waals surface area (Å²) in [5, 5.41) is 11.9. The molecular weight excluding hydrogens is 472 g/mol. The molecule has 1 amide bonds. The predicted octanol–water partition coefficient (Wildman–Crippen LogP) is 3.94. The van der Waals surface area contributed by atoms with E-state index in [0.29, 0.717) is 27.1 Å². The third-order valence-electron chi connectivity index (χ3n) is 5.23. The highest BCUT2D eigenvalue weighted by molar-refractivity contribution is 7.92. The van der Waals surface area contributed by atoms with Gasteiger partial charge in [-0.05, 0) is 17.7 Å². The smallest absolute Gasteiger partial charge is 0.269 e. The fourth-order valence-electron chi connectivity index (χ4n) is 3.62. The Labute approximate surface area is 200 Å². The SMILES string of the molecule is O=C(Nc1nnc(-c2ccccc2)s1)[C@H]1CN(S(=O)(=O)Cc2ccccc2)c2ccccc2O1. The lowest BCUT2D eigenvalue weighted by Gasteiger charge is -2.34. The third kappa shape index (κ3) is 4.63. The van der Waals surface area contributed by atoms with Gasteiger partial charge < -0.3 is 4.74 Å². The van der Waals surface area contributed by atoms with Gasteiger partial charge in [0.1, 0.15) is 10.8 Å². The van der Waals surface area contributed by atoms with Crippen LogP contribution in [0.1, 0.15) is 5.56 Å². The van der Waals surface area contributed by atoms with Gasteiger partial charge >= 0.3 is 0 Å². The normalized spacial score (nSPS) is 15.3. The molecule has 3 aromatic carbocycles. The molecule has 172 valence electrons. The van der Waals surface area contributed by atoms with Crippen molar-refractivity contribution in [3.05, 3.63) is 90.5 Å². The van der Waals surface area contributed by atoms with Crippen molar-refractivity contribution in [1.82, 2.24) is 10.2 Å². The Morgan fingerprint density at radius 3 is 2.41 bits per heavy atom. The standard InChI is InChI=1S/C24H20N4O4S2/c29-22(25-24-27-26-23(33-24)18-11-5-2-6-12-18)21-15-28(19-13-7-8-14-20(19)32-21)34(30,31)16-17-9-3-1-4-10-17/h1-14,21H,15-16H2,(H,25,27,29)/t21-/m1/s1. The van der Waals surface area contributed by atoms with Gasteiger partial charge in [-0.25, -0.2) is 8.42 Å². The number of nitrogens with one attached hydrogen (secondary N) is 1. The molecule has 0 saturated heterocycles. The van der Waals surface area contributed by atoms with E-state index in [2.05, 4.69) is 15.5 Å². The van der Waals surface area contributed by atoms with E-state index >= 15 is 0 Å². The Kier molecular flexibility index (Phi) is 5.99. The second-order valence-corrected chi connectivity index (χ2v) is 10.5. The van der Waals surface area contributed by atoms with Crippen molar-refractivity contribution in [1.29, 1.82) is 0 Å². The van der Waals surface area contributed by atoms with E-state index in [1.54, 1.807) is 48.5 Å². The van der Waals surface area contributed by atoms with Crippen LogP contribution in [0.4, 0.5) is 10.8 Å². The number of sulfonamides is 1. The van der Waals surface area contributed by atoms with E-state index in [1.807, 2.05) is 36.4 Å². The fourth-order valence-corrected chi connectivity index (χ4v) is 5.96. The number of amides is 1. The van der Waals surface area contributed by atoms with Crippen molar-refractivity contribution in [2.24, 2.45) is 0 Å². The summed E-state index contributed by atoms with van der Waals surface area (Å²) in [4.78, 5) is 13.0. The average Bonchev–Trinajstić information content (AvgIpc) is 3.32. The number of anilines is 2. The first kappa shape index (κ1) is 22.1. The van der Waals surface area contributed by atoms with Gasteiger partial charge in [0.25, 0.3) is 5.91 Å². The minimum Gasteiger partial charge on any atom is -0.476 e. The maximum absolute atomic E-state index is 13.3. The van der Waals surface area contributed by atoms with E-state index in [0.717, 1.165) is 5.56 Å². The number of benzene rings is 3. The molecule has 1 aliphatic rings. The Balaban J connectivity index is 1.37. The number of rotatable bonds is 6. The lowest BCUT2D eigenvalue weighted by atomic mass is 10.2. The number of hydrogen-bond donors (Lipinski definition) is 1. The molecule has 10 heteroatoms. The molecule has 0 spiro atoms. The number of nitrogens with zero attached hydrogens (tertiary/aromatic N) is 3. The second kappa shape index (κ2) is 9.24. The Hall–Kier alpha value is -3.76. The average molecular weight is 493 g/mol. The number of para-hydroxylation sites is 2. The van der Waals surface area contributed by atoms with Gasteiger partial charge in [0.15, 0.2) is 6.10 Å². The number of carbonyl (C=O) groups excluding carboxylic acids is 1. The molecule has 5 rings (SSSR count). The van der Waals surface area contributed by atoms with E-state index in [-0.39, 0.29) is 12.3 Å². The summed E-state index contributed by atoms with van der Waals surface area (Å²) >= 11 is 1.23. The number of fused-ring (bicyclic) bond motifs is 1. The highest BCUT2D eigenvalue weighted by Crippen LogP contribution is 2.36. The van der Waals surface area contributed by atoms with Crippen molar-refractivity contribution in [3.8, 4) is 16.3 Å². The van der Waals surface area contributed by atoms with Crippen LogP contribution in [0.15, 0.2) is 84.9 Å². The highest BCUT2D eigenvalue weighted by atomic mass is 32.2. The van der Waals surface area contributed by atoms with Crippen molar-refractivity contribution in [2.75, 3.05) is 16.2 Å². The van der Waals surface area contributed by atoms with Gasteiger partial charge in [0, 0.05) is 5.56 Å². The zero-order valence-corrected chi connectivity index (χ0v) is 19.5. The largest absolute Gasteiger partial charge is 0.476 e. The van der Waals surface area contributed by atoms with Crippen LogP contribution in [0.3, 0.4) is 0 Å². The minimum atomic E-state index is -3.77. The first-order valence-electron chi connectivity index (χ1n) is 10.5. The van der Waals surface area contributed by atoms with E-state index in [4.69, 9.17) is 4.74 Å². The maximum Gasteiger partial charge on any atom is 0.269 e. The number of ether oxygens (including phenoxy) is 1. The molecule has 0 fully saturated rings. The van der Waals surface area contributed by atoms with Crippen LogP contribution in [0.25, 0.3) is 10.6 Å². The molecule has 0 radical (unpaired) electrons. The molecule has 0 unspecified atom stereocenters. The Bertz CT molecular complexity index is 1410. The third-order valence-corrected chi connectivity index (χ3v) is 7.83. The molecule has 0 aliphatic carbocycles. The lowest BCUT2D eigenvalue weighted by molar-refractivity contribution is -0.122. The quantitative estimate of drug-likeness (QED) is 0.438. The van der Waals surface area contributed by atoms with Crippen LogP contribution in [0.5, 0.6) is 5.75 Å². The van der Waals surface area contributed by atoms with Gasteiger partial charge in [-0.2, -0.15) is 0 Å². The molecule has 1 N–H and O–H groups in total. The molecule has 2 heterocycles. The Morgan fingerprint density at radius 2 is 1.65 bits per heavy atom. The first-order valence-corrected chi connectivity index (χ1v) is 12.9. The fraction of sp³-hybridized carbons (Fsp3) is 0.125. The van der Waals surface area contributed by atoms with Crippen LogP contribution in [0.2, 0.25) is 0 Å². The molecule has 8 nitrogen and oxygen atoms in total. The molecular formula is C24H20N4O4S2. The molecule has 1 atom stereocenters. The van der Waals surface area contributed by atoms with E-state index < -0.39 is 22.0 Å². The van der Waals surface area contributed by atoms with Crippen molar-refractivity contribution >= 4 is 38.1 Å². The number of hydrogen-bond acceptors (Lipinski definition) is 7. The van der Waals surface area contributed by atoms with Crippen LogP contribution in [0, 0.1) is 0 Å². The van der Waals surface area contributed by atoms with Crippen LogP contribution >= 0.6 is 11.3 Å². The summed E-state index contributed by atoms with van der Waals surface area (Å²) in [6.45, 7) is -0.150. The molecule has 34 heavy (non-hydrogen) atoms. The molecule has 1 aliphatic heterocycles. The summed E-state index contributed by atoms with van der Waals surface area (Å²) in [5.41, 5.74) is 1.96. The monoisotopic (exact) mass is 492 g/mol. The molecule has 0 bridgehead atoms. The topological polar surface area (TPSA) is 101 Å². The van der Waals surface area contributed by atoms with Gasteiger partial charge in [0.2, 0.25) is 15.2 Å². The summed E-state index contributed by atoms with van der Waals surface area (Å²) in [7, 11) is -3.77. The first-order chi connectivity index (χ1) is 16.5. The zero-order valence-electron chi connectivity index (χ0n) is 17.9. The lowest BCUT2D eigenvalue weighted by Crippen LogP contribution is -2.49. The van der Waals surface area contributed by atoms with Crippen molar-refractivity contribution < 1.29 is 17.9 Å². The van der Waals surface area contributed by atoms with Gasteiger partial charge in [0.05, 0.1) is 18.0 Å². The number of carbonyl (C=O) groups is 1. The predicted molar refractivity (Wildman–Crippen MR) is 131 cm³/mol. The minimum absolute atomic E-state index is 0.150. The summed E-state index contributed by atoms with van der Waals surface area (Å²) in [6.07, 6.45) is -1.05. The van der Waals surface area contributed by atoms with Gasteiger partial charge in [-0.3, -0.25) is 14.4 Å². The number of aromatic nitrogens is 2. The molecule has 4 aromatic rings. The highest BCUT2D eigenvalue weighted by Gasteiger charge is 2.37. The summed E-state index contributed by atoms with van der Waals surface area (Å²) in [5.74, 6) is -0.356. The van der Waals surface area contributed by atoms with E-state index in [9.17, 15) is 13.2 Å².